The van der Waals surface area contributed by atoms with E-state index < -0.39 is 0 Å². The van der Waals surface area contributed by atoms with E-state index in [1.807, 2.05) is 0 Å². The second-order valence-corrected chi connectivity index (χ2v) is 2.52. The number of rotatable bonds is 4. The molecule has 68 valence electrons. The van der Waals surface area contributed by atoms with Crippen molar-refractivity contribution in [3.05, 3.63) is 5.82 Å². The highest BCUT2D eigenvalue weighted by molar-refractivity contribution is 4.95. The van der Waals surface area contributed by atoms with Gasteiger partial charge in [0.15, 0.2) is 5.82 Å². The van der Waals surface area contributed by atoms with Gasteiger partial charge in [-0.2, -0.15) is 4.98 Å². The van der Waals surface area contributed by atoms with Crippen LogP contribution in [0.1, 0.15) is 31.6 Å². The topological polar surface area (TPSA) is 74.2 Å². The number of hydrogen-bond acceptors (Lipinski definition) is 5. The van der Waals surface area contributed by atoms with Crippen LogP contribution in [0.4, 0.5) is 0 Å². The molecule has 0 aliphatic heterocycles. The molecule has 0 radical (unpaired) electrons. The van der Waals surface area contributed by atoms with Crippen molar-refractivity contribution in [1.29, 1.82) is 0 Å². The summed E-state index contributed by atoms with van der Waals surface area (Å²) in [6.07, 6.45) is 2.01. The minimum atomic E-state index is -0.150. The summed E-state index contributed by atoms with van der Waals surface area (Å²) >= 11 is 0. The molecule has 1 aromatic rings. The van der Waals surface area contributed by atoms with E-state index in [-0.39, 0.29) is 12.1 Å². The minimum Gasteiger partial charge on any atom is -0.452 e. The average Bonchev–Trinajstić information content (AvgIpc) is 2.52. The number of aromatic nitrogens is 2. The van der Waals surface area contributed by atoms with Gasteiger partial charge in [0.2, 0.25) is 0 Å². The van der Waals surface area contributed by atoms with E-state index in [1.54, 1.807) is 0 Å². The summed E-state index contributed by atoms with van der Waals surface area (Å²) in [5, 5.41) is 3.67. The van der Waals surface area contributed by atoms with E-state index in [2.05, 4.69) is 17.1 Å². The normalized spacial score (nSPS) is 12.9. The smallest absolute Gasteiger partial charge is 0.417 e. The Morgan fingerprint density at radius 2 is 2.42 bits per heavy atom. The molecule has 1 rings (SSSR count). The Morgan fingerprint density at radius 3 is 2.92 bits per heavy atom. The van der Waals surface area contributed by atoms with Crippen LogP contribution in [0.3, 0.4) is 0 Å². The van der Waals surface area contributed by atoms with Crippen LogP contribution in [0.5, 0.6) is 6.08 Å². The number of nitrogens with two attached hydrogens (primary N) is 1. The van der Waals surface area contributed by atoms with Gasteiger partial charge < -0.3 is 10.5 Å². The van der Waals surface area contributed by atoms with Crippen molar-refractivity contribution in [2.24, 2.45) is 5.73 Å². The molecule has 0 aromatic carbocycles. The maximum absolute atomic E-state index is 5.73. The first kappa shape index (κ1) is 8.99. The average molecular weight is 171 g/mol. The molecule has 0 saturated carbocycles. The van der Waals surface area contributed by atoms with Crippen LogP contribution in [-0.4, -0.2) is 17.3 Å². The lowest BCUT2D eigenvalue weighted by Crippen LogP contribution is -2.11. The second kappa shape index (κ2) is 4.06. The number of ether oxygens (including phenoxy) is 1. The summed E-state index contributed by atoms with van der Waals surface area (Å²) in [5.74, 6) is 0.508. The van der Waals surface area contributed by atoms with Gasteiger partial charge in [-0.25, -0.2) is 0 Å². The van der Waals surface area contributed by atoms with Gasteiger partial charge in [0.25, 0.3) is 0 Å². The molecule has 5 heteroatoms. The molecule has 0 aliphatic carbocycles. The van der Waals surface area contributed by atoms with Crippen molar-refractivity contribution in [1.82, 2.24) is 10.1 Å². The predicted molar refractivity (Wildman–Crippen MR) is 42.7 cm³/mol. The number of hydrogen-bond donors (Lipinski definition) is 1. The molecule has 1 aromatic heterocycles. The Morgan fingerprint density at radius 1 is 1.67 bits per heavy atom. The molecule has 1 heterocycles. The van der Waals surface area contributed by atoms with Gasteiger partial charge in [0.1, 0.15) is 0 Å². The van der Waals surface area contributed by atoms with E-state index in [9.17, 15) is 0 Å². The quantitative estimate of drug-likeness (QED) is 0.727. The maximum Gasteiger partial charge on any atom is 0.417 e. The molecule has 0 amide bonds. The highest BCUT2D eigenvalue weighted by atomic mass is 16.6. The lowest BCUT2D eigenvalue weighted by molar-refractivity contribution is 0.249. The van der Waals surface area contributed by atoms with Gasteiger partial charge in [-0.3, -0.25) is 4.52 Å². The van der Waals surface area contributed by atoms with Crippen molar-refractivity contribution < 1.29 is 9.26 Å². The van der Waals surface area contributed by atoms with Crippen molar-refractivity contribution in [2.45, 2.75) is 25.8 Å². The zero-order valence-electron chi connectivity index (χ0n) is 7.28. The standard InChI is InChI=1S/C7H13N3O2/c1-3-4-5(8)6-9-7(11-2)12-10-6/h5H,3-4,8H2,1-2H3. The van der Waals surface area contributed by atoms with Crippen LogP contribution >= 0.6 is 0 Å². The number of methoxy groups -OCH3 is 1. The predicted octanol–water partition coefficient (Wildman–Crippen LogP) is 0.878. The van der Waals surface area contributed by atoms with Crippen molar-refractivity contribution >= 4 is 0 Å². The SMILES string of the molecule is CCCC(N)c1noc(OC)n1. The summed E-state index contributed by atoms with van der Waals surface area (Å²) in [7, 11) is 1.47. The molecule has 0 fully saturated rings. The summed E-state index contributed by atoms with van der Waals surface area (Å²) in [6, 6.07) is -0.150. The van der Waals surface area contributed by atoms with E-state index in [0.29, 0.717) is 5.82 Å². The van der Waals surface area contributed by atoms with Gasteiger partial charge in [0.05, 0.1) is 13.2 Å². The zero-order chi connectivity index (χ0) is 8.97. The molecule has 0 aliphatic rings. The van der Waals surface area contributed by atoms with E-state index in [0.717, 1.165) is 12.8 Å². The van der Waals surface area contributed by atoms with Gasteiger partial charge in [-0.1, -0.05) is 18.5 Å². The Balaban J connectivity index is 2.61. The fourth-order valence-electron chi connectivity index (χ4n) is 0.894. The first-order chi connectivity index (χ1) is 5.77. The third kappa shape index (κ3) is 1.94. The maximum atomic E-state index is 5.73. The first-order valence-corrected chi connectivity index (χ1v) is 3.91. The zero-order valence-corrected chi connectivity index (χ0v) is 7.28. The van der Waals surface area contributed by atoms with Crippen LogP contribution < -0.4 is 10.5 Å². The third-order valence-electron chi connectivity index (χ3n) is 1.53. The second-order valence-electron chi connectivity index (χ2n) is 2.52. The molecular formula is C7H13N3O2. The number of nitrogens with zero attached hydrogens (tertiary/aromatic N) is 2. The van der Waals surface area contributed by atoms with Crippen molar-refractivity contribution in [2.75, 3.05) is 7.11 Å². The molecule has 1 atom stereocenters. The van der Waals surface area contributed by atoms with Gasteiger partial charge in [0, 0.05) is 0 Å². The highest BCUT2D eigenvalue weighted by Crippen LogP contribution is 2.14. The highest BCUT2D eigenvalue weighted by Gasteiger charge is 2.12. The van der Waals surface area contributed by atoms with E-state index in [4.69, 9.17) is 15.0 Å². The molecule has 12 heavy (non-hydrogen) atoms. The Kier molecular flexibility index (Phi) is 3.04. The van der Waals surface area contributed by atoms with Crippen LogP contribution in [0, 0.1) is 0 Å². The van der Waals surface area contributed by atoms with E-state index in [1.165, 1.54) is 7.11 Å². The summed E-state index contributed by atoms with van der Waals surface area (Å²) < 4.78 is 9.45. The molecule has 0 bridgehead atoms. The molecule has 5 nitrogen and oxygen atoms in total. The Hall–Kier alpha value is -1.10. The lowest BCUT2D eigenvalue weighted by atomic mass is 10.2. The summed E-state index contributed by atoms with van der Waals surface area (Å²) in [6.45, 7) is 2.05. The van der Waals surface area contributed by atoms with Crippen LogP contribution in [0.15, 0.2) is 4.52 Å². The van der Waals surface area contributed by atoms with Gasteiger partial charge in [-0.15, -0.1) is 0 Å². The Labute approximate surface area is 70.9 Å². The molecule has 0 spiro atoms. The molecule has 2 N–H and O–H groups in total. The van der Waals surface area contributed by atoms with Crippen LogP contribution in [0.25, 0.3) is 0 Å². The van der Waals surface area contributed by atoms with Gasteiger partial charge in [-0.05, 0) is 6.42 Å². The van der Waals surface area contributed by atoms with E-state index >= 15 is 0 Å². The fraction of sp³-hybridized carbons (Fsp3) is 0.714. The van der Waals surface area contributed by atoms with Crippen LogP contribution in [0.2, 0.25) is 0 Å². The minimum absolute atomic E-state index is 0.150. The van der Waals surface area contributed by atoms with Gasteiger partial charge >= 0.3 is 6.08 Å². The first-order valence-electron chi connectivity index (χ1n) is 3.91. The van der Waals surface area contributed by atoms with Crippen LogP contribution in [-0.2, 0) is 0 Å². The lowest BCUT2D eigenvalue weighted by Gasteiger charge is -2.01. The fourth-order valence-corrected chi connectivity index (χ4v) is 0.894. The Bertz CT molecular complexity index is 236. The monoisotopic (exact) mass is 171 g/mol. The molecule has 1 unspecified atom stereocenters. The summed E-state index contributed by atoms with van der Waals surface area (Å²) in [5.41, 5.74) is 5.73. The molecular weight excluding hydrogens is 158 g/mol. The van der Waals surface area contributed by atoms with Crippen molar-refractivity contribution in [3.63, 3.8) is 0 Å². The third-order valence-corrected chi connectivity index (χ3v) is 1.53. The summed E-state index contributed by atoms with van der Waals surface area (Å²) in [4.78, 5) is 3.92. The van der Waals surface area contributed by atoms with Crippen molar-refractivity contribution in [3.8, 4) is 6.08 Å². The largest absolute Gasteiger partial charge is 0.452 e. The molecule has 0 saturated heterocycles.